The average Bonchev–Trinajstić information content (AvgIpc) is 2.37. The van der Waals surface area contributed by atoms with Gasteiger partial charge in [-0.3, -0.25) is 0 Å². The maximum absolute atomic E-state index is 3.93. The molecular formula is C16H25N. The first kappa shape index (κ1) is 14.0. The molecule has 0 heterocycles. The minimum absolute atomic E-state index is 0.216. The molecule has 94 valence electrons. The van der Waals surface area contributed by atoms with E-state index in [1.165, 1.54) is 18.4 Å². The number of rotatable bonds is 8. The third-order valence-electron chi connectivity index (χ3n) is 3.36. The Kier molecular flexibility index (Phi) is 5.99. The van der Waals surface area contributed by atoms with Crippen LogP contribution in [0.4, 0.5) is 0 Å². The molecule has 1 N–H and O–H groups in total. The highest BCUT2D eigenvalue weighted by Crippen LogP contribution is 2.32. The number of hydrogen-bond acceptors (Lipinski definition) is 1. The van der Waals surface area contributed by atoms with Crippen LogP contribution in [-0.2, 0) is 5.41 Å². The van der Waals surface area contributed by atoms with Crippen LogP contribution in [0.3, 0.4) is 0 Å². The summed E-state index contributed by atoms with van der Waals surface area (Å²) < 4.78 is 0. The Morgan fingerprint density at radius 2 is 1.94 bits per heavy atom. The monoisotopic (exact) mass is 231 g/mol. The summed E-state index contributed by atoms with van der Waals surface area (Å²) in [7, 11) is 0. The summed E-state index contributed by atoms with van der Waals surface area (Å²) in [5, 5.41) is 3.51. The van der Waals surface area contributed by atoms with E-state index in [1.807, 2.05) is 0 Å². The molecule has 0 radical (unpaired) electrons. The van der Waals surface area contributed by atoms with Crippen molar-refractivity contribution < 1.29 is 0 Å². The van der Waals surface area contributed by atoms with Gasteiger partial charge in [-0.25, -0.2) is 0 Å². The van der Waals surface area contributed by atoms with Crippen LogP contribution in [0.25, 0.3) is 0 Å². The summed E-state index contributed by atoms with van der Waals surface area (Å²) in [6, 6.07) is 10.8. The molecule has 1 aromatic rings. The van der Waals surface area contributed by atoms with Gasteiger partial charge in [0.1, 0.15) is 0 Å². The molecule has 0 fully saturated rings. The molecule has 1 nitrogen and oxygen atoms in total. The van der Waals surface area contributed by atoms with Gasteiger partial charge in [0.2, 0.25) is 0 Å². The van der Waals surface area contributed by atoms with E-state index in [9.17, 15) is 0 Å². The van der Waals surface area contributed by atoms with E-state index in [0.29, 0.717) is 0 Å². The van der Waals surface area contributed by atoms with E-state index >= 15 is 0 Å². The topological polar surface area (TPSA) is 12.0 Å². The maximum Gasteiger partial charge on any atom is 0.0112 e. The second kappa shape index (κ2) is 7.29. The number of likely N-dealkylation sites (N-methyl/N-ethyl adjacent to an activating group) is 1. The minimum atomic E-state index is 0.216. The average molecular weight is 231 g/mol. The molecule has 1 aromatic carbocycles. The standard InChI is InChI=1S/C16H25N/c1-4-12-16(13-5-2,14-17-6-3)15-10-8-7-9-11-15/h4,7-11,17H,1,5-6,12-14H2,2-3H3. The molecule has 0 saturated carbocycles. The third kappa shape index (κ3) is 3.71. The minimum Gasteiger partial charge on any atom is -0.316 e. The van der Waals surface area contributed by atoms with E-state index in [2.05, 4.69) is 62.2 Å². The summed E-state index contributed by atoms with van der Waals surface area (Å²) in [5.41, 5.74) is 1.65. The van der Waals surface area contributed by atoms with E-state index in [1.54, 1.807) is 0 Å². The van der Waals surface area contributed by atoms with E-state index in [-0.39, 0.29) is 5.41 Å². The fourth-order valence-electron chi connectivity index (χ4n) is 2.54. The Balaban J connectivity index is 2.99. The van der Waals surface area contributed by atoms with Crippen molar-refractivity contribution in [1.29, 1.82) is 0 Å². The van der Waals surface area contributed by atoms with Gasteiger partial charge in [-0.2, -0.15) is 0 Å². The molecule has 0 spiro atoms. The summed E-state index contributed by atoms with van der Waals surface area (Å²) in [5.74, 6) is 0. The summed E-state index contributed by atoms with van der Waals surface area (Å²) in [6.45, 7) is 10.4. The Labute approximate surface area is 106 Å². The zero-order chi connectivity index (χ0) is 12.6. The quantitative estimate of drug-likeness (QED) is 0.669. The van der Waals surface area contributed by atoms with Crippen molar-refractivity contribution in [2.24, 2.45) is 0 Å². The maximum atomic E-state index is 3.93. The lowest BCUT2D eigenvalue weighted by atomic mass is 9.74. The molecule has 1 unspecified atom stereocenters. The molecule has 0 aliphatic heterocycles. The van der Waals surface area contributed by atoms with Crippen molar-refractivity contribution in [2.75, 3.05) is 13.1 Å². The van der Waals surface area contributed by atoms with Crippen molar-refractivity contribution in [3.63, 3.8) is 0 Å². The van der Waals surface area contributed by atoms with Gasteiger partial charge in [0.15, 0.2) is 0 Å². The molecule has 0 saturated heterocycles. The number of hydrogen-bond donors (Lipinski definition) is 1. The van der Waals surface area contributed by atoms with Crippen LogP contribution in [0.5, 0.6) is 0 Å². The normalized spacial score (nSPS) is 14.2. The predicted molar refractivity (Wildman–Crippen MR) is 76.4 cm³/mol. The van der Waals surface area contributed by atoms with Gasteiger partial charge in [0.25, 0.3) is 0 Å². The second-order valence-corrected chi connectivity index (χ2v) is 4.67. The Bertz CT molecular complexity index is 318. The van der Waals surface area contributed by atoms with Crippen LogP contribution in [0.1, 0.15) is 38.7 Å². The molecule has 0 bridgehead atoms. The lowest BCUT2D eigenvalue weighted by molar-refractivity contribution is 0.370. The van der Waals surface area contributed by atoms with Gasteiger partial charge in [0, 0.05) is 12.0 Å². The van der Waals surface area contributed by atoms with Gasteiger partial charge in [-0.05, 0) is 24.9 Å². The first-order valence-corrected chi connectivity index (χ1v) is 6.66. The SMILES string of the molecule is C=CCC(CCC)(CNCC)c1ccccc1. The smallest absolute Gasteiger partial charge is 0.0112 e. The van der Waals surface area contributed by atoms with Crippen LogP contribution in [0, 0.1) is 0 Å². The van der Waals surface area contributed by atoms with Gasteiger partial charge >= 0.3 is 0 Å². The lowest BCUT2D eigenvalue weighted by Crippen LogP contribution is -2.38. The van der Waals surface area contributed by atoms with Crippen LogP contribution in [0.15, 0.2) is 43.0 Å². The molecule has 0 aromatic heterocycles. The third-order valence-corrected chi connectivity index (χ3v) is 3.36. The Morgan fingerprint density at radius 3 is 2.47 bits per heavy atom. The zero-order valence-corrected chi connectivity index (χ0v) is 11.2. The molecule has 0 amide bonds. The number of benzene rings is 1. The summed E-state index contributed by atoms with van der Waals surface area (Å²) >= 11 is 0. The summed E-state index contributed by atoms with van der Waals surface area (Å²) in [4.78, 5) is 0. The van der Waals surface area contributed by atoms with E-state index < -0.39 is 0 Å². The second-order valence-electron chi connectivity index (χ2n) is 4.67. The predicted octanol–water partition coefficient (Wildman–Crippen LogP) is 3.91. The highest BCUT2D eigenvalue weighted by molar-refractivity contribution is 5.27. The highest BCUT2D eigenvalue weighted by atomic mass is 14.9. The molecule has 1 heteroatoms. The lowest BCUT2D eigenvalue weighted by Gasteiger charge is -2.34. The molecule has 0 aliphatic rings. The van der Waals surface area contributed by atoms with Crippen molar-refractivity contribution in [3.05, 3.63) is 48.6 Å². The molecular weight excluding hydrogens is 206 g/mol. The van der Waals surface area contributed by atoms with Crippen molar-refractivity contribution >= 4 is 0 Å². The van der Waals surface area contributed by atoms with Crippen LogP contribution >= 0.6 is 0 Å². The fourth-order valence-corrected chi connectivity index (χ4v) is 2.54. The van der Waals surface area contributed by atoms with Crippen LogP contribution in [0.2, 0.25) is 0 Å². The van der Waals surface area contributed by atoms with Gasteiger partial charge in [-0.1, -0.05) is 56.7 Å². The van der Waals surface area contributed by atoms with Gasteiger partial charge < -0.3 is 5.32 Å². The van der Waals surface area contributed by atoms with Gasteiger partial charge in [0.05, 0.1) is 0 Å². The number of allylic oxidation sites excluding steroid dienone is 1. The summed E-state index contributed by atoms with van der Waals surface area (Å²) in [6.07, 6.45) is 5.50. The van der Waals surface area contributed by atoms with E-state index in [0.717, 1.165) is 19.5 Å². The van der Waals surface area contributed by atoms with Crippen molar-refractivity contribution in [2.45, 2.75) is 38.5 Å². The van der Waals surface area contributed by atoms with Crippen LogP contribution < -0.4 is 5.32 Å². The number of nitrogens with one attached hydrogen (secondary N) is 1. The largest absolute Gasteiger partial charge is 0.316 e. The Morgan fingerprint density at radius 1 is 1.24 bits per heavy atom. The van der Waals surface area contributed by atoms with Gasteiger partial charge in [-0.15, -0.1) is 6.58 Å². The van der Waals surface area contributed by atoms with E-state index in [4.69, 9.17) is 0 Å². The van der Waals surface area contributed by atoms with Crippen LogP contribution in [-0.4, -0.2) is 13.1 Å². The molecule has 1 atom stereocenters. The zero-order valence-electron chi connectivity index (χ0n) is 11.2. The Hall–Kier alpha value is -1.08. The molecule has 17 heavy (non-hydrogen) atoms. The first-order valence-electron chi connectivity index (χ1n) is 6.66. The molecule has 0 aliphatic carbocycles. The molecule has 1 rings (SSSR count). The highest BCUT2D eigenvalue weighted by Gasteiger charge is 2.29. The fraction of sp³-hybridized carbons (Fsp3) is 0.500. The first-order chi connectivity index (χ1) is 8.29. The van der Waals surface area contributed by atoms with Crippen molar-refractivity contribution in [1.82, 2.24) is 5.32 Å². The van der Waals surface area contributed by atoms with Crippen molar-refractivity contribution in [3.8, 4) is 0 Å².